The third-order valence-electron chi connectivity index (χ3n) is 3.22. The largest absolute Gasteiger partial charge is 0.417 e. The molecule has 0 spiro atoms. The highest BCUT2D eigenvalue weighted by Gasteiger charge is 2.18. The molecule has 2 rings (SSSR count). The molecule has 0 aliphatic heterocycles. The molecule has 7 heteroatoms. The van der Waals surface area contributed by atoms with Crippen molar-refractivity contribution in [3.63, 3.8) is 0 Å². The van der Waals surface area contributed by atoms with Gasteiger partial charge in [0.15, 0.2) is 5.76 Å². The summed E-state index contributed by atoms with van der Waals surface area (Å²) in [6.45, 7) is 4.64. The number of nitrogens with zero attached hydrogens (tertiary/aromatic N) is 2. The van der Waals surface area contributed by atoms with Crippen LogP contribution in [0.3, 0.4) is 0 Å². The maximum absolute atomic E-state index is 12.2. The molecule has 2 aromatic rings. The Morgan fingerprint density at radius 2 is 1.95 bits per heavy atom. The molecule has 21 heavy (non-hydrogen) atoms. The quantitative estimate of drug-likeness (QED) is 0.635. The SMILES string of the molecule is CCN(CC)C(=O)c1cc2ccc([N+](=O)[O-])cc2c(=O)o1. The molecule has 1 heterocycles. The molecular formula is C14H14N2O5. The van der Waals surface area contributed by atoms with Gasteiger partial charge in [-0.05, 0) is 31.4 Å². The summed E-state index contributed by atoms with van der Waals surface area (Å²) in [7, 11) is 0. The Labute approximate surface area is 119 Å². The van der Waals surface area contributed by atoms with Gasteiger partial charge in [0.25, 0.3) is 11.6 Å². The summed E-state index contributed by atoms with van der Waals surface area (Å²) in [4.78, 5) is 35.7. The minimum atomic E-state index is -0.758. The van der Waals surface area contributed by atoms with Crippen LogP contribution in [0.2, 0.25) is 0 Å². The minimum Gasteiger partial charge on any atom is -0.417 e. The van der Waals surface area contributed by atoms with Gasteiger partial charge in [0, 0.05) is 25.2 Å². The number of hydrogen-bond acceptors (Lipinski definition) is 5. The van der Waals surface area contributed by atoms with Crippen molar-refractivity contribution in [3.8, 4) is 0 Å². The highest BCUT2D eigenvalue weighted by molar-refractivity contribution is 5.95. The van der Waals surface area contributed by atoms with Crippen molar-refractivity contribution in [2.75, 3.05) is 13.1 Å². The van der Waals surface area contributed by atoms with Crippen LogP contribution < -0.4 is 5.63 Å². The molecule has 0 aliphatic rings. The lowest BCUT2D eigenvalue weighted by Crippen LogP contribution is -2.31. The standard InChI is InChI=1S/C14H14N2O5/c1-3-15(4-2)13(17)12-7-9-5-6-10(16(19)20)8-11(9)14(18)21-12/h5-8H,3-4H2,1-2H3. The van der Waals surface area contributed by atoms with Crippen molar-refractivity contribution in [1.29, 1.82) is 0 Å². The van der Waals surface area contributed by atoms with Crippen molar-refractivity contribution in [2.45, 2.75) is 13.8 Å². The summed E-state index contributed by atoms with van der Waals surface area (Å²) in [5, 5.41) is 11.2. The number of hydrogen-bond donors (Lipinski definition) is 0. The summed E-state index contributed by atoms with van der Waals surface area (Å²) in [5.41, 5.74) is -0.954. The number of nitro benzene ring substituents is 1. The second kappa shape index (κ2) is 5.74. The molecule has 0 bridgehead atoms. The Morgan fingerprint density at radius 3 is 2.52 bits per heavy atom. The lowest BCUT2D eigenvalue weighted by atomic mass is 10.1. The van der Waals surface area contributed by atoms with Crippen LogP contribution in [0.1, 0.15) is 24.4 Å². The minimum absolute atomic E-state index is 0.0648. The second-order valence-electron chi connectivity index (χ2n) is 4.40. The van der Waals surface area contributed by atoms with E-state index in [1.165, 1.54) is 23.1 Å². The van der Waals surface area contributed by atoms with Gasteiger partial charge in [0.05, 0.1) is 10.3 Å². The number of benzene rings is 1. The Balaban J connectivity index is 2.56. The Morgan fingerprint density at radius 1 is 1.29 bits per heavy atom. The molecule has 0 unspecified atom stereocenters. The molecule has 0 saturated carbocycles. The number of amides is 1. The smallest absolute Gasteiger partial charge is 0.344 e. The van der Waals surface area contributed by atoms with E-state index in [0.717, 1.165) is 6.07 Å². The highest BCUT2D eigenvalue weighted by atomic mass is 16.6. The van der Waals surface area contributed by atoms with Crippen molar-refractivity contribution in [2.24, 2.45) is 0 Å². The predicted molar refractivity (Wildman–Crippen MR) is 76.4 cm³/mol. The molecule has 0 aliphatic carbocycles. The van der Waals surface area contributed by atoms with E-state index in [9.17, 15) is 19.7 Å². The van der Waals surface area contributed by atoms with Crippen LogP contribution in [0.15, 0.2) is 33.5 Å². The van der Waals surface area contributed by atoms with Gasteiger partial charge in [-0.3, -0.25) is 14.9 Å². The monoisotopic (exact) mass is 290 g/mol. The first kappa shape index (κ1) is 14.7. The van der Waals surface area contributed by atoms with E-state index in [4.69, 9.17) is 4.42 Å². The molecule has 0 saturated heterocycles. The van der Waals surface area contributed by atoms with Crippen LogP contribution in [-0.2, 0) is 0 Å². The predicted octanol–water partition coefficient (Wildman–Crippen LogP) is 2.18. The van der Waals surface area contributed by atoms with E-state index in [2.05, 4.69) is 0 Å². The van der Waals surface area contributed by atoms with E-state index in [1.54, 1.807) is 0 Å². The first-order valence-electron chi connectivity index (χ1n) is 6.49. The van der Waals surface area contributed by atoms with Gasteiger partial charge >= 0.3 is 5.63 Å². The molecular weight excluding hydrogens is 276 g/mol. The third kappa shape index (κ3) is 2.76. The van der Waals surface area contributed by atoms with Crippen LogP contribution in [0, 0.1) is 10.1 Å². The molecule has 0 radical (unpaired) electrons. The van der Waals surface area contributed by atoms with Gasteiger partial charge in [-0.15, -0.1) is 0 Å². The number of nitro groups is 1. The summed E-state index contributed by atoms with van der Waals surface area (Å²) in [6.07, 6.45) is 0. The first-order chi connectivity index (χ1) is 9.97. The number of non-ortho nitro benzene ring substituents is 1. The van der Waals surface area contributed by atoms with Crippen LogP contribution in [0.25, 0.3) is 10.8 Å². The van der Waals surface area contributed by atoms with Crippen molar-refractivity contribution >= 4 is 22.4 Å². The zero-order chi connectivity index (χ0) is 15.6. The summed E-state index contributed by atoms with van der Waals surface area (Å²) >= 11 is 0. The molecule has 1 aromatic heterocycles. The molecule has 0 N–H and O–H groups in total. The molecule has 0 atom stereocenters. The topological polar surface area (TPSA) is 93.7 Å². The fraction of sp³-hybridized carbons (Fsp3) is 0.286. The van der Waals surface area contributed by atoms with E-state index < -0.39 is 10.5 Å². The van der Waals surface area contributed by atoms with E-state index in [0.29, 0.717) is 18.5 Å². The van der Waals surface area contributed by atoms with Crippen LogP contribution in [-0.4, -0.2) is 28.8 Å². The van der Waals surface area contributed by atoms with Gasteiger partial charge in [-0.1, -0.05) is 0 Å². The first-order valence-corrected chi connectivity index (χ1v) is 6.49. The van der Waals surface area contributed by atoms with Crippen molar-refractivity contribution in [3.05, 3.63) is 50.6 Å². The third-order valence-corrected chi connectivity index (χ3v) is 3.22. The number of carbonyl (C=O) groups excluding carboxylic acids is 1. The maximum atomic E-state index is 12.2. The van der Waals surface area contributed by atoms with Crippen LogP contribution >= 0.6 is 0 Å². The normalized spacial score (nSPS) is 10.6. The summed E-state index contributed by atoms with van der Waals surface area (Å²) in [6, 6.07) is 5.30. The van der Waals surface area contributed by atoms with E-state index in [1.807, 2.05) is 13.8 Å². The number of rotatable bonds is 4. The average Bonchev–Trinajstić information content (AvgIpc) is 2.47. The molecule has 110 valence electrons. The van der Waals surface area contributed by atoms with Gasteiger partial charge in [-0.25, -0.2) is 4.79 Å². The Kier molecular flexibility index (Phi) is 4.02. The van der Waals surface area contributed by atoms with Gasteiger partial charge in [-0.2, -0.15) is 0 Å². The molecule has 0 fully saturated rings. The van der Waals surface area contributed by atoms with Gasteiger partial charge < -0.3 is 9.32 Å². The van der Waals surface area contributed by atoms with E-state index in [-0.39, 0.29) is 22.7 Å². The van der Waals surface area contributed by atoms with Gasteiger partial charge in [0.1, 0.15) is 0 Å². The van der Waals surface area contributed by atoms with Crippen LogP contribution in [0.4, 0.5) is 5.69 Å². The van der Waals surface area contributed by atoms with E-state index >= 15 is 0 Å². The van der Waals surface area contributed by atoms with Crippen LogP contribution in [0.5, 0.6) is 0 Å². The molecule has 7 nitrogen and oxygen atoms in total. The average molecular weight is 290 g/mol. The zero-order valence-electron chi connectivity index (χ0n) is 11.7. The van der Waals surface area contributed by atoms with Gasteiger partial charge in [0.2, 0.25) is 0 Å². The molecule has 1 amide bonds. The zero-order valence-corrected chi connectivity index (χ0v) is 11.7. The highest BCUT2D eigenvalue weighted by Crippen LogP contribution is 2.19. The summed E-state index contributed by atoms with van der Waals surface area (Å²) < 4.78 is 5.00. The Bertz CT molecular complexity index is 762. The fourth-order valence-electron chi connectivity index (χ4n) is 2.06. The lowest BCUT2D eigenvalue weighted by Gasteiger charge is -2.17. The Hall–Kier alpha value is -2.70. The second-order valence-corrected chi connectivity index (χ2v) is 4.40. The molecule has 1 aromatic carbocycles. The number of fused-ring (bicyclic) bond motifs is 1. The number of carbonyl (C=O) groups is 1. The summed E-state index contributed by atoms with van der Waals surface area (Å²) in [5.74, 6) is -0.442. The lowest BCUT2D eigenvalue weighted by molar-refractivity contribution is -0.384. The van der Waals surface area contributed by atoms with Crippen molar-refractivity contribution in [1.82, 2.24) is 4.90 Å². The maximum Gasteiger partial charge on any atom is 0.344 e. The van der Waals surface area contributed by atoms with Crippen molar-refractivity contribution < 1.29 is 14.1 Å². The fourth-order valence-corrected chi connectivity index (χ4v) is 2.06.